The number of carbonyl (C=O) groups is 1. The lowest BCUT2D eigenvalue weighted by molar-refractivity contribution is 0.0985. The van der Waals surface area contributed by atoms with Crippen LogP contribution in [0, 0.1) is 0 Å². The second-order valence-electron chi connectivity index (χ2n) is 7.63. The number of carbonyl (C=O) groups excluding carboxylic acids is 1. The lowest BCUT2D eigenvalue weighted by atomic mass is 10.2. The molecule has 0 bridgehead atoms. The maximum Gasteiger partial charge on any atom is 0.321 e. The van der Waals surface area contributed by atoms with Gasteiger partial charge in [0, 0.05) is 24.9 Å². The van der Waals surface area contributed by atoms with Crippen molar-refractivity contribution in [2.75, 3.05) is 36.2 Å². The number of amides is 2. The number of anilines is 2. The fourth-order valence-electron chi connectivity index (χ4n) is 3.13. The summed E-state index contributed by atoms with van der Waals surface area (Å²) in [4.78, 5) is 28.0. The number of morpholine rings is 1. The summed E-state index contributed by atoms with van der Waals surface area (Å²) in [6, 6.07) is 1.79. The van der Waals surface area contributed by atoms with Gasteiger partial charge in [-0.15, -0.1) is 0 Å². The van der Waals surface area contributed by atoms with Gasteiger partial charge in [0.2, 0.25) is 0 Å². The number of thiazole rings is 1. The Kier molecular flexibility index (Phi) is 5.89. The van der Waals surface area contributed by atoms with E-state index in [4.69, 9.17) is 4.74 Å². The van der Waals surface area contributed by atoms with E-state index in [2.05, 4.69) is 30.5 Å². The highest BCUT2D eigenvalue weighted by Crippen LogP contribution is 2.29. The maximum absolute atomic E-state index is 11.9. The quantitative estimate of drug-likeness (QED) is 0.678. The van der Waals surface area contributed by atoms with Crippen molar-refractivity contribution < 1.29 is 17.9 Å². The molecular weight excluding hydrogens is 428 g/mol. The Balaban J connectivity index is 1.61. The van der Waals surface area contributed by atoms with E-state index in [1.807, 2.05) is 6.92 Å². The molecule has 0 unspecified atom stereocenters. The van der Waals surface area contributed by atoms with Gasteiger partial charge in [-0.3, -0.25) is 5.32 Å². The van der Waals surface area contributed by atoms with E-state index in [0.29, 0.717) is 47.1 Å². The Morgan fingerprint density at radius 1 is 1.37 bits per heavy atom. The molecule has 162 valence electrons. The summed E-state index contributed by atoms with van der Waals surface area (Å²) < 4.78 is 29.2. The Morgan fingerprint density at radius 2 is 2.17 bits per heavy atom. The molecule has 2 aliphatic rings. The van der Waals surface area contributed by atoms with Gasteiger partial charge in [-0.2, -0.15) is 0 Å². The second kappa shape index (κ2) is 8.44. The molecule has 1 saturated heterocycles. The van der Waals surface area contributed by atoms with Crippen molar-refractivity contribution in [2.24, 2.45) is 0 Å². The minimum absolute atomic E-state index is 0.109. The smallest absolute Gasteiger partial charge is 0.321 e. The van der Waals surface area contributed by atoms with E-state index in [1.165, 1.54) is 17.6 Å². The van der Waals surface area contributed by atoms with Crippen LogP contribution in [-0.2, 0) is 20.3 Å². The molecule has 1 aliphatic carbocycles. The molecule has 0 radical (unpaired) electrons. The topological polar surface area (TPSA) is 126 Å². The average molecular weight is 453 g/mol. The molecule has 0 aromatic carbocycles. The van der Waals surface area contributed by atoms with Crippen LogP contribution >= 0.6 is 11.3 Å². The first kappa shape index (κ1) is 20.9. The van der Waals surface area contributed by atoms with Crippen LogP contribution in [0.15, 0.2) is 12.3 Å². The van der Waals surface area contributed by atoms with Crippen LogP contribution in [0.1, 0.15) is 25.5 Å². The summed E-state index contributed by atoms with van der Waals surface area (Å²) in [6.07, 6.45) is 4.77. The highest BCUT2D eigenvalue weighted by molar-refractivity contribution is 7.89. The molecular formula is C18H24N6O4S2. The SMILES string of the molecule is C[C@H]1COCCN1c1cc(CS(C)(=O)=O)nc(-c2cnc(NC(=O)NC3CC3)s2)n1. The van der Waals surface area contributed by atoms with E-state index < -0.39 is 9.84 Å². The summed E-state index contributed by atoms with van der Waals surface area (Å²) in [5.41, 5.74) is 0.422. The number of aromatic nitrogens is 3. The number of hydrogen-bond acceptors (Lipinski definition) is 9. The Hall–Kier alpha value is -2.31. The van der Waals surface area contributed by atoms with E-state index in [1.54, 1.807) is 12.3 Å². The Morgan fingerprint density at radius 3 is 2.87 bits per heavy atom. The third-order valence-corrected chi connectivity index (χ3v) is 6.43. The van der Waals surface area contributed by atoms with Gasteiger partial charge in [0.15, 0.2) is 20.8 Å². The van der Waals surface area contributed by atoms with Crippen molar-refractivity contribution in [1.29, 1.82) is 0 Å². The van der Waals surface area contributed by atoms with Gasteiger partial charge < -0.3 is 15.0 Å². The van der Waals surface area contributed by atoms with Crippen LogP contribution in [0.5, 0.6) is 0 Å². The molecule has 2 aromatic rings. The lowest BCUT2D eigenvalue weighted by Gasteiger charge is -2.34. The van der Waals surface area contributed by atoms with Crippen molar-refractivity contribution in [3.63, 3.8) is 0 Å². The average Bonchev–Trinajstić information content (AvgIpc) is 3.35. The zero-order chi connectivity index (χ0) is 21.3. The van der Waals surface area contributed by atoms with Crippen LogP contribution in [0.2, 0.25) is 0 Å². The van der Waals surface area contributed by atoms with Gasteiger partial charge >= 0.3 is 6.03 Å². The minimum atomic E-state index is -3.26. The Bertz CT molecular complexity index is 1040. The molecule has 2 fully saturated rings. The summed E-state index contributed by atoms with van der Waals surface area (Å²) in [7, 11) is -3.26. The molecule has 3 heterocycles. The molecule has 2 aromatic heterocycles. The standard InChI is InChI=1S/C18H24N6O4S2/c1-11-9-28-6-5-24(11)15-7-13(10-30(2,26)27)20-16(22-15)14-8-19-18(29-14)23-17(25)21-12-3-4-12/h7-8,11-12H,3-6,9-10H2,1-2H3,(H2,19,21,23,25)/t11-/m0/s1. The van der Waals surface area contributed by atoms with Crippen LogP contribution < -0.4 is 15.5 Å². The molecule has 10 nitrogen and oxygen atoms in total. The summed E-state index contributed by atoms with van der Waals surface area (Å²) >= 11 is 1.24. The maximum atomic E-state index is 11.9. The fraction of sp³-hybridized carbons (Fsp3) is 0.556. The largest absolute Gasteiger partial charge is 0.377 e. The third kappa shape index (κ3) is 5.43. The van der Waals surface area contributed by atoms with E-state index in [9.17, 15) is 13.2 Å². The van der Waals surface area contributed by atoms with Crippen molar-refractivity contribution in [3.8, 4) is 10.7 Å². The van der Waals surface area contributed by atoms with Gasteiger partial charge in [0.1, 0.15) is 5.82 Å². The number of hydrogen-bond donors (Lipinski definition) is 2. The molecule has 0 spiro atoms. The highest BCUT2D eigenvalue weighted by atomic mass is 32.2. The number of urea groups is 1. The summed E-state index contributed by atoms with van der Waals surface area (Å²) in [5, 5.41) is 6.00. The monoisotopic (exact) mass is 452 g/mol. The molecule has 1 atom stereocenters. The van der Waals surface area contributed by atoms with Gasteiger partial charge in [0.05, 0.1) is 41.8 Å². The van der Waals surface area contributed by atoms with Gasteiger partial charge in [0.25, 0.3) is 0 Å². The van der Waals surface area contributed by atoms with Crippen molar-refractivity contribution in [2.45, 2.75) is 37.6 Å². The van der Waals surface area contributed by atoms with Crippen molar-refractivity contribution in [3.05, 3.63) is 18.0 Å². The third-order valence-electron chi connectivity index (χ3n) is 4.70. The molecule has 2 amide bonds. The van der Waals surface area contributed by atoms with Crippen molar-refractivity contribution in [1.82, 2.24) is 20.3 Å². The first-order valence-electron chi connectivity index (χ1n) is 9.70. The molecule has 2 N–H and O–H groups in total. The number of rotatable bonds is 6. The van der Waals surface area contributed by atoms with Gasteiger partial charge in [-0.05, 0) is 19.8 Å². The predicted octanol–water partition coefficient (Wildman–Crippen LogP) is 1.65. The van der Waals surface area contributed by atoms with Gasteiger partial charge in [-0.1, -0.05) is 11.3 Å². The predicted molar refractivity (Wildman–Crippen MR) is 114 cm³/mol. The summed E-state index contributed by atoms with van der Waals surface area (Å²) in [5.74, 6) is 0.865. The Labute approximate surface area is 179 Å². The number of nitrogens with one attached hydrogen (secondary N) is 2. The number of sulfone groups is 1. The highest BCUT2D eigenvalue weighted by Gasteiger charge is 2.25. The normalized spacial score (nSPS) is 19.5. The summed E-state index contributed by atoms with van der Waals surface area (Å²) in [6.45, 7) is 3.85. The molecule has 1 aliphatic heterocycles. The van der Waals surface area contributed by atoms with Gasteiger partial charge in [-0.25, -0.2) is 28.2 Å². The lowest BCUT2D eigenvalue weighted by Crippen LogP contribution is -2.44. The van der Waals surface area contributed by atoms with Crippen LogP contribution in [0.25, 0.3) is 10.7 Å². The van der Waals surface area contributed by atoms with Crippen LogP contribution in [0.3, 0.4) is 0 Å². The second-order valence-corrected chi connectivity index (χ2v) is 10.8. The number of nitrogens with zero attached hydrogens (tertiary/aromatic N) is 4. The van der Waals surface area contributed by atoms with E-state index >= 15 is 0 Å². The number of ether oxygens (including phenoxy) is 1. The first-order chi connectivity index (χ1) is 14.3. The van der Waals surface area contributed by atoms with Crippen molar-refractivity contribution >= 4 is 38.2 Å². The van der Waals surface area contributed by atoms with Crippen LogP contribution in [-0.4, -0.2) is 67.5 Å². The molecule has 30 heavy (non-hydrogen) atoms. The van der Waals surface area contributed by atoms with E-state index in [-0.39, 0.29) is 23.9 Å². The van der Waals surface area contributed by atoms with Crippen LogP contribution in [0.4, 0.5) is 15.7 Å². The molecule has 12 heteroatoms. The first-order valence-corrected chi connectivity index (χ1v) is 12.6. The zero-order valence-corrected chi connectivity index (χ0v) is 18.4. The molecule has 4 rings (SSSR count). The fourth-order valence-corrected chi connectivity index (χ4v) is 4.56. The zero-order valence-electron chi connectivity index (χ0n) is 16.8. The molecule has 1 saturated carbocycles. The van der Waals surface area contributed by atoms with E-state index in [0.717, 1.165) is 12.8 Å². The minimum Gasteiger partial charge on any atom is -0.377 e.